The van der Waals surface area contributed by atoms with E-state index in [0.717, 1.165) is 29.7 Å². The van der Waals surface area contributed by atoms with Gasteiger partial charge in [-0.2, -0.15) is 0 Å². The molecule has 0 fully saturated rings. The smallest absolute Gasteiger partial charge is 0.201 e. The molecule has 0 aliphatic heterocycles. The molecule has 3 rings (SSSR count). The van der Waals surface area contributed by atoms with E-state index < -0.39 is 0 Å². The number of benzene rings is 1. The Morgan fingerprint density at radius 1 is 1.30 bits per heavy atom. The van der Waals surface area contributed by atoms with Crippen LogP contribution in [-0.2, 0) is 6.54 Å². The normalized spacial score (nSPS) is 11.1. The first-order valence-corrected chi connectivity index (χ1v) is 7.57. The molecule has 5 heteroatoms. The van der Waals surface area contributed by atoms with Gasteiger partial charge in [0.05, 0.1) is 18.7 Å². The number of fused-ring (bicyclic) bond motifs is 1. The summed E-state index contributed by atoms with van der Waals surface area (Å²) in [4.78, 5) is 5.73. The molecule has 0 saturated carbocycles. The molecule has 0 unspecified atom stereocenters. The number of ether oxygens (including phenoxy) is 1. The lowest BCUT2D eigenvalue weighted by Gasteiger charge is -2.06. The Hall–Kier alpha value is -2.01. The molecule has 0 aliphatic carbocycles. The van der Waals surface area contributed by atoms with Crippen LogP contribution in [0.1, 0.15) is 18.2 Å². The van der Waals surface area contributed by atoms with Gasteiger partial charge >= 0.3 is 0 Å². The van der Waals surface area contributed by atoms with Crippen LogP contribution in [0.5, 0.6) is 5.75 Å². The zero-order valence-electron chi connectivity index (χ0n) is 11.4. The maximum atomic E-state index is 6.07. The van der Waals surface area contributed by atoms with Crippen LogP contribution in [0, 0.1) is 0 Å². The van der Waals surface area contributed by atoms with Gasteiger partial charge in [-0.1, -0.05) is 19.1 Å². The molecule has 104 valence electrons. The molecule has 0 aliphatic rings. The van der Waals surface area contributed by atoms with Gasteiger partial charge in [0.1, 0.15) is 11.3 Å². The summed E-state index contributed by atoms with van der Waals surface area (Å²) < 4.78 is 7.77. The first kappa shape index (κ1) is 13.0. The van der Waals surface area contributed by atoms with E-state index in [0.29, 0.717) is 12.6 Å². The van der Waals surface area contributed by atoms with Crippen LogP contribution in [-0.4, -0.2) is 16.2 Å². The van der Waals surface area contributed by atoms with Crippen molar-refractivity contribution >= 4 is 28.3 Å². The number of para-hydroxylation sites is 1. The minimum absolute atomic E-state index is 0.529. The summed E-state index contributed by atoms with van der Waals surface area (Å²) in [6.45, 7) is 3.53. The SMILES string of the molecule is CCCOc1cccc2c1nc(N)n2Cc1cccs1. The maximum absolute atomic E-state index is 6.07. The predicted molar refractivity (Wildman–Crippen MR) is 83.4 cm³/mol. The van der Waals surface area contributed by atoms with Gasteiger partial charge in [-0.15, -0.1) is 11.3 Å². The average molecular weight is 287 g/mol. The zero-order chi connectivity index (χ0) is 13.9. The third kappa shape index (κ3) is 2.36. The number of aromatic nitrogens is 2. The van der Waals surface area contributed by atoms with E-state index in [2.05, 4.69) is 23.4 Å². The van der Waals surface area contributed by atoms with E-state index in [-0.39, 0.29) is 0 Å². The molecular weight excluding hydrogens is 270 g/mol. The largest absolute Gasteiger partial charge is 0.491 e. The van der Waals surface area contributed by atoms with Crippen LogP contribution < -0.4 is 10.5 Å². The number of nitrogen functional groups attached to an aromatic ring is 1. The standard InChI is InChI=1S/C15H17N3OS/c1-2-8-19-13-7-3-6-12-14(13)17-15(16)18(12)10-11-5-4-9-20-11/h3-7,9H,2,8,10H2,1H3,(H2,16,17). The first-order valence-electron chi connectivity index (χ1n) is 6.69. The summed E-state index contributed by atoms with van der Waals surface area (Å²) >= 11 is 1.72. The molecule has 0 radical (unpaired) electrons. The van der Waals surface area contributed by atoms with Crippen LogP contribution in [0.2, 0.25) is 0 Å². The van der Waals surface area contributed by atoms with Crippen LogP contribution in [0.4, 0.5) is 5.95 Å². The lowest BCUT2D eigenvalue weighted by atomic mass is 10.3. The van der Waals surface area contributed by atoms with E-state index in [1.165, 1.54) is 4.88 Å². The molecule has 0 saturated heterocycles. The molecule has 1 aromatic carbocycles. The van der Waals surface area contributed by atoms with Crippen molar-refractivity contribution in [2.75, 3.05) is 12.3 Å². The van der Waals surface area contributed by atoms with Crippen LogP contribution in [0.15, 0.2) is 35.7 Å². The minimum Gasteiger partial charge on any atom is -0.491 e. The lowest BCUT2D eigenvalue weighted by Crippen LogP contribution is -2.03. The Morgan fingerprint density at radius 2 is 2.20 bits per heavy atom. The van der Waals surface area contributed by atoms with E-state index in [1.807, 2.05) is 28.8 Å². The number of hydrogen-bond donors (Lipinski definition) is 1. The second-order valence-electron chi connectivity index (χ2n) is 4.61. The van der Waals surface area contributed by atoms with Gasteiger partial charge in [0.15, 0.2) is 0 Å². The van der Waals surface area contributed by atoms with Crippen LogP contribution in [0.3, 0.4) is 0 Å². The third-order valence-corrected chi connectivity index (χ3v) is 3.99. The van der Waals surface area contributed by atoms with Gasteiger partial charge in [-0.05, 0) is 30.0 Å². The Balaban J connectivity index is 2.02. The maximum Gasteiger partial charge on any atom is 0.201 e. The van der Waals surface area contributed by atoms with E-state index in [4.69, 9.17) is 10.5 Å². The molecular formula is C15H17N3OS. The zero-order valence-corrected chi connectivity index (χ0v) is 12.2. The molecule has 2 aromatic heterocycles. The molecule has 0 atom stereocenters. The lowest BCUT2D eigenvalue weighted by molar-refractivity contribution is 0.320. The quantitative estimate of drug-likeness (QED) is 0.781. The minimum atomic E-state index is 0.529. The van der Waals surface area contributed by atoms with E-state index in [9.17, 15) is 0 Å². The van der Waals surface area contributed by atoms with Crippen LogP contribution in [0.25, 0.3) is 11.0 Å². The fourth-order valence-electron chi connectivity index (χ4n) is 2.19. The average Bonchev–Trinajstić information content (AvgIpc) is 3.06. The topological polar surface area (TPSA) is 53.1 Å². The fourth-order valence-corrected chi connectivity index (χ4v) is 2.88. The van der Waals surface area contributed by atoms with Crippen molar-refractivity contribution in [1.29, 1.82) is 0 Å². The van der Waals surface area contributed by atoms with Gasteiger partial charge in [0.25, 0.3) is 0 Å². The number of hydrogen-bond acceptors (Lipinski definition) is 4. The fraction of sp³-hybridized carbons (Fsp3) is 0.267. The molecule has 0 bridgehead atoms. The highest BCUT2D eigenvalue weighted by Gasteiger charge is 2.12. The monoisotopic (exact) mass is 287 g/mol. The van der Waals surface area contributed by atoms with Gasteiger partial charge in [0, 0.05) is 4.88 Å². The van der Waals surface area contributed by atoms with Crippen molar-refractivity contribution in [3.05, 3.63) is 40.6 Å². The highest BCUT2D eigenvalue weighted by atomic mass is 32.1. The summed E-state index contributed by atoms with van der Waals surface area (Å²) in [6, 6.07) is 10.1. The second-order valence-corrected chi connectivity index (χ2v) is 5.64. The van der Waals surface area contributed by atoms with E-state index in [1.54, 1.807) is 11.3 Å². The molecule has 0 amide bonds. The van der Waals surface area contributed by atoms with Crippen molar-refractivity contribution in [2.24, 2.45) is 0 Å². The highest BCUT2D eigenvalue weighted by Crippen LogP contribution is 2.28. The van der Waals surface area contributed by atoms with Crippen molar-refractivity contribution in [2.45, 2.75) is 19.9 Å². The third-order valence-electron chi connectivity index (χ3n) is 3.13. The van der Waals surface area contributed by atoms with Crippen molar-refractivity contribution in [1.82, 2.24) is 9.55 Å². The van der Waals surface area contributed by atoms with Gasteiger partial charge in [-0.3, -0.25) is 0 Å². The first-order chi connectivity index (χ1) is 9.79. The number of thiophene rings is 1. The van der Waals surface area contributed by atoms with Gasteiger partial charge < -0.3 is 15.0 Å². The predicted octanol–water partition coefficient (Wildman–Crippen LogP) is 3.52. The molecule has 20 heavy (non-hydrogen) atoms. The summed E-state index contributed by atoms with van der Waals surface area (Å²) in [5, 5.41) is 2.07. The number of imidazole rings is 1. The molecule has 2 heterocycles. The van der Waals surface area contributed by atoms with Crippen molar-refractivity contribution < 1.29 is 4.74 Å². The Labute approximate surface area is 121 Å². The second kappa shape index (κ2) is 5.54. The van der Waals surface area contributed by atoms with Crippen molar-refractivity contribution in [3.8, 4) is 5.75 Å². The molecule has 3 aromatic rings. The Bertz CT molecular complexity index is 703. The van der Waals surface area contributed by atoms with Crippen molar-refractivity contribution in [3.63, 3.8) is 0 Å². The number of nitrogens with zero attached hydrogens (tertiary/aromatic N) is 2. The summed E-state index contributed by atoms with van der Waals surface area (Å²) in [6.07, 6.45) is 0.974. The molecule has 2 N–H and O–H groups in total. The Morgan fingerprint density at radius 3 is 2.95 bits per heavy atom. The van der Waals surface area contributed by atoms with Crippen LogP contribution >= 0.6 is 11.3 Å². The number of rotatable bonds is 5. The Kier molecular flexibility index (Phi) is 3.60. The van der Waals surface area contributed by atoms with Gasteiger partial charge in [0.2, 0.25) is 5.95 Å². The number of nitrogens with two attached hydrogens (primary N) is 1. The molecule has 0 spiro atoms. The van der Waals surface area contributed by atoms with Gasteiger partial charge in [-0.25, -0.2) is 4.98 Å². The highest BCUT2D eigenvalue weighted by molar-refractivity contribution is 7.09. The summed E-state index contributed by atoms with van der Waals surface area (Å²) in [5.41, 5.74) is 7.93. The molecule has 4 nitrogen and oxygen atoms in total. The summed E-state index contributed by atoms with van der Waals surface area (Å²) in [5.74, 6) is 1.34. The number of anilines is 1. The summed E-state index contributed by atoms with van der Waals surface area (Å²) in [7, 11) is 0. The van der Waals surface area contributed by atoms with E-state index >= 15 is 0 Å².